The van der Waals surface area contributed by atoms with Crippen molar-refractivity contribution in [3.8, 4) is 0 Å². The third kappa shape index (κ3) is 9.04. The molecule has 0 fully saturated rings. The fourth-order valence-electron chi connectivity index (χ4n) is 0.818. The molecule has 0 unspecified atom stereocenters. The average molecular weight is 186 g/mol. The minimum Gasteiger partial charge on any atom is -0.385 e. The second-order valence-corrected chi connectivity index (χ2v) is 2.61. The van der Waals surface area contributed by atoms with Crippen LogP contribution in [0, 0.1) is 0 Å². The van der Waals surface area contributed by atoms with Crippen LogP contribution in [0.3, 0.4) is 0 Å². The van der Waals surface area contributed by atoms with E-state index < -0.39 is 0 Å². The molecule has 0 aromatic heterocycles. The SMILES string of the molecule is COCCCC(=O)NC/C=C/CN. The van der Waals surface area contributed by atoms with E-state index in [2.05, 4.69) is 5.32 Å². The lowest BCUT2D eigenvalue weighted by molar-refractivity contribution is -0.121. The van der Waals surface area contributed by atoms with E-state index in [1.165, 1.54) is 0 Å². The summed E-state index contributed by atoms with van der Waals surface area (Å²) in [7, 11) is 1.63. The summed E-state index contributed by atoms with van der Waals surface area (Å²) in [4.78, 5) is 11.0. The molecule has 0 saturated carbocycles. The van der Waals surface area contributed by atoms with E-state index in [0.717, 1.165) is 6.42 Å². The van der Waals surface area contributed by atoms with Crippen molar-refractivity contribution >= 4 is 5.91 Å². The minimum absolute atomic E-state index is 0.0544. The quantitative estimate of drug-likeness (QED) is 0.436. The third-order valence-corrected chi connectivity index (χ3v) is 1.47. The van der Waals surface area contributed by atoms with Crippen molar-refractivity contribution in [1.29, 1.82) is 0 Å². The van der Waals surface area contributed by atoms with Gasteiger partial charge < -0.3 is 15.8 Å². The average Bonchev–Trinajstić information content (AvgIpc) is 2.13. The number of carbonyl (C=O) groups is 1. The summed E-state index contributed by atoms with van der Waals surface area (Å²) in [6.07, 6.45) is 4.94. The molecule has 0 heterocycles. The van der Waals surface area contributed by atoms with Gasteiger partial charge >= 0.3 is 0 Å². The van der Waals surface area contributed by atoms with Crippen molar-refractivity contribution in [2.75, 3.05) is 26.8 Å². The highest BCUT2D eigenvalue weighted by Gasteiger charge is 1.97. The van der Waals surface area contributed by atoms with Gasteiger partial charge in [-0.25, -0.2) is 0 Å². The molecule has 13 heavy (non-hydrogen) atoms. The summed E-state index contributed by atoms with van der Waals surface area (Å²) in [5.74, 6) is 0.0544. The number of nitrogens with two attached hydrogens (primary N) is 1. The van der Waals surface area contributed by atoms with Gasteiger partial charge in [0.1, 0.15) is 0 Å². The molecule has 0 aromatic rings. The number of hydrogen-bond donors (Lipinski definition) is 2. The zero-order chi connectivity index (χ0) is 9.94. The van der Waals surface area contributed by atoms with E-state index in [9.17, 15) is 4.79 Å². The van der Waals surface area contributed by atoms with Crippen LogP contribution in [0.2, 0.25) is 0 Å². The van der Waals surface area contributed by atoms with Crippen LogP contribution in [-0.2, 0) is 9.53 Å². The topological polar surface area (TPSA) is 64.3 Å². The fourth-order valence-corrected chi connectivity index (χ4v) is 0.818. The predicted octanol–water partition coefficient (Wildman–Crippen LogP) is 0.0441. The van der Waals surface area contributed by atoms with Crippen molar-refractivity contribution < 1.29 is 9.53 Å². The molecule has 0 aromatic carbocycles. The molecule has 4 heteroatoms. The maximum atomic E-state index is 11.0. The molecule has 0 rings (SSSR count). The number of carbonyl (C=O) groups excluding carboxylic acids is 1. The predicted molar refractivity (Wildman–Crippen MR) is 52.3 cm³/mol. The molecule has 76 valence electrons. The molecule has 0 radical (unpaired) electrons. The Hall–Kier alpha value is -0.870. The van der Waals surface area contributed by atoms with Crippen molar-refractivity contribution in [2.45, 2.75) is 12.8 Å². The lowest BCUT2D eigenvalue weighted by Crippen LogP contribution is -2.23. The van der Waals surface area contributed by atoms with Crippen molar-refractivity contribution in [2.24, 2.45) is 5.73 Å². The lowest BCUT2D eigenvalue weighted by atomic mass is 10.3. The van der Waals surface area contributed by atoms with Crippen LogP contribution in [0.5, 0.6) is 0 Å². The Balaban J connectivity index is 3.25. The van der Waals surface area contributed by atoms with Crippen LogP contribution in [0.1, 0.15) is 12.8 Å². The van der Waals surface area contributed by atoms with E-state index >= 15 is 0 Å². The summed E-state index contributed by atoms with van der Waals surface area (Å²) < 4.78 is 4.82. The molecule has 0 bridgehead atoms. The lowest BCUT2D eigenvalue weighted by Gasteiger charge is -2.01. The zero-order valence-electron chi connectivity index (χ0n) is 8.08. The number of hydrogen-bond acceptors (Lipinski definition) is 3. The maximum Gasteiger partial charge on any atom is 0.220 e. The molecule has 0 saturated heterocycles. The van der Waals surface area contributed by atoms with Gasteiger partial charge in [0.05, 0.1) is 0 Å². The van der Waals surface area contributed by atoms with Crippen LogP contribution < -0.4 is 11.1 Å². The Morgan fingerprint density at radius 1 is 1.54 bits per heavy atom. The van der Waals surface area contributed by atoms with Gasteiger partial charge in [0, 0.05) is 33.2 Å². The molecule has 4 nitrogen and oxygen atoms in total. The molecule has 3 N–H and O–H groups in total. The molecule has 0 spiro atoms. The van der Waals surface area contributed by atoms with Crippen molar-refractivity contribution in [1.82, 2.24) is 5.32 Å². The first-order valence-corrected chi connectivity index (χ1v) is 4.42. The van der Waals surface area contributed by atoms with E-state index in [1.807, 2.05) is 12.2 Å². The summed E-state index contributed by atoms with van der Waals surface area (Å²) >= 11 is 0. The summed E-state index contributed by atoms with van der Waals surface area (Å²) in [6, 6.07) is 0. The van der Waals surface area contributed by atoms with Crippen molar-refractivity contribution in [3.05, 3.63) is 12.2 Å². The van der Waals surface area contributed by atoms with E-state index in [0.29, 0.717) is 26.1 Å². The van der Waals surface area contributed by atoms with E-state index in [-0.39, 0.29) is 5.91 Å². The number of nitrogens with one attached hydrogen (secondary N) is 1. The molecule has 0 aliphatic rings. The highest BCUT2D eigenvalue weighted by Crippen LogP contribution is 1.88. The van der Waals surface area contributed by atoms with Crippen molar-refractivity contribution in [3.63, 3.8) is 0 Å². The Kier molecular flexibility index (Phi) is 8.60. The number of amides is 1. The van der Waals surface area contributed by atoms with E-state index in [4.69, 9.17) is 10.5 Å². The molecular formula is C9H18N2O2. The molecule has 0 aliphatic carbocycles. The molecular weight excluding hydrogens is 168 g/mol. The number of rotatable bonds is 7. The first-order valence-electron chi connectivity index (χ1n) is 4.42. The first-order chi connectivity index (χ1) is 6.31. The van der Waals surface area contributed by atoms with Crippen LogP contribution in [0.4, 0.5) is 0 Å². The maximum absolute atomic E-state index is 11.0. The van der Waals surface area contributed by atoms with E-state index in [1.54, 1.807) is 7.11 Å². The van der Waals surface area contributed by atoms with Gasteiger partial charge in [-0.15, -0.1) is 0 Å². The monoisotopic (exact) mass is 186 g/mol. The van der Waals surface area contributed by atoms with Gasteiger partial charge in [-0.3, -0.25) is 4.79 Å². The van der Waals surface area contributed by atoms with Crippen LogP contribution >= 0.6 is 0 Å². The second-order valence-electron chi connectivity index (χ2n) is 2.61. The molecule has 0 aliphatic heterocycles. The standard InChI is InChI=1S/C9H18N2O2/c1-13-8-4-5-9(12)11-7-3-2-6-10/h2-3H,4-8,10H2,1H3,(H,11,12)/b3-2+. The summed E-state index contributed by atoms with van der Waals surface area (Å²) in [5.41, 5.74) is 5.23. The van der Waals surface area contributed by atoms with Crippen LogP contribution in [-0.4, -0.2) is 32.7 Å². The highest BCUT2D eigenvalue weighted by atomic mass is 16.5. The van der Waals surface area contributed by atoms with Gasteiger partial charge in [0.25, 0.3) is 0 Å². The second kappa shape index (κ2) is 9.22. The molecule has 0 atom stereocenters. The Morgan fingerprint density at radius 2 is 2.31 bits per heavy atom. The van der Waals surface area contributed by atoms with Gasteiger partial charge in [0.2, 0.25) is 5.91 Å². The van der Waals surface area contributed by atoms with Gasteiger partial charge in [0.15, 0.2) is 0 Å². The number of methoxy groups -OCH3 is 1. The van der Waals surface area contributed by atoms with Gasteiger partial charge in [-0.05, 0) is 6.42 Å². The highest BCUT2D eigenvalue weighted by molar-refractivity contribution is 5.75. The fraction of sp³-hybridized carbons (Fsp3) is 0.667. The summed E-state index contributed by atoms with van der Waals surface area (Å²) in [5, 5.41) is 2.74. The number of ether oxygens (including phenoxy) is 1. The Labute approximate surface area is 79.1 Å². The summed E-state index contributed by atoms with van der Waals surface area (Å²) in [6.45, 7) is 1.70. The van der Waals surface area contributed by atoms with Crippen LogP contribution in [0.15, 0.2) is 12.2 Å². The normalized spacial score (nSPS) is 10.6. The third-order valence-electron chi connectivity index (χ3n) is 1.47. The first kappa shape index (κ1) is 12.1. The minimum atomic E-state index is 0.0544. The zero-order valence-corrected chi connectivity index (χ0v) is 8.08. The largest absolute Gasteiger partial charge is 0.385 e. The smallest absolute Gasteiger partial charge is 0.220 e. The molecule has 1 amide bonds. The van der Waals surface area contributed by atoms with Gasteiger partial charge in [-0.2, -0.15) is 0 Å². The van der Waals surface area contributed by atoms with Crippen LogP contribution in [0.25, 0.3) is 0 Å². The Bertz CT molecular complexity index is 158. The van der Waals surface area contributed by atoms with Gasteiger partial charge in [-0.1, -0.05) is 12.2 Å². The Morgan fingerprint density at radius 3 is 2.92 bits per heavy atom.